The van der Waals surface area contributed by atoms with Crippen LogP contribution in [0.2, 0.25) is 0 Å². The van der Waals surface area contributed by atoms with Gasteiger partial charge in [-0.05, 0) is 31.5 Å². The standard InChI is InChI=1S/C20H28FN3O5S/c1-15(2)24(19(25)13-29-4)12-18-11-22-20(23(18)9-10-28-3)30(26,27)14-16-5-7-17(21)8-6-16/h5-8,11,15H,9-10,12-14H2,1-4H3. The Labute approximate surface area is 176 Å². The molecule has 2 aromatic rings. The Balaban J connectivity index is 2.37. The molecule has 8 nitrogen and oxygen atoms in total. The van der Waals surface area contributed by atoms with E-state index in [1.165, 1.54) is 44.7 Å². The molecule has 2 rings (SSSR count). The van der Waals surface area contributed by atoms with Crippen molar-refractivity contribution in [3.63, 3.8) is 0 Å². The minimum absolute atomic E-state index is 0.0693. The number of carbonyl (C=O) groups excluding carboxylic acids is 1. The fourth-order valence-corrected chi connectivity index (χ4v) is 4.51. The Morgan fingerprint density at radius 1 is 1.20 bits per heavy atom. The number of imidazole rings is 1. The molecule has 30 heavy (non-hydrogen) atoms. The van der Waals surface area contributed by atoms with Gasteiger partial charge in [0.25, 0.3) is 0 Å². The van der Waals surface area contributed by atoms with Crippen LogP contribution in [-0.2, 0) is 42.9 Å². The highest BCUT2D eigenvalue weighted by Crippen LogP contribution is 2.20. The lowest BCUT2D eigenvalue weighted by Crippen LogP contribution is -2.39. The van der Waals surface area contributed by atoms with Gasteiger partial charge in [0.1, 0.15) is 12.4 Å². The van der Waals surface area contributed by atoms with E-state index in [-0.39, 0.29) is 49.2 Å². The van der Waals surface area contributed by atoms with E-state index in [0.717, 1.165) is 0 Å². The number of sulfone groups is 1. The van der Waals surface area contributed by atoms with E-state index in [2.05, 4.69) is 4.98 Å². The minimum atomic E-state index is -3.81. The molecular formula is C20H28FN3O5S. The Kier molecular flexibility index (Phi) is 8.51. The number of rotatable bonds is 11. The Bertz CT molecular complexity index is 942. The van der Waals surface area contributed by atoms with Crippen molar-refractivity contribution < 1.29 is 27.1 Å². The van der Waals surface area contributed by atoms with Gasteiger partial charge < -0.3 is 18.9 Å². The Morgan fingerprint density at radius 3 is 2.43 bits per heavy atom. The zero-order valence-electron chi connectivity index (χ0n) is 17.7. The number of methoxy groups -OCH3 is 2. The summed E-state index contributed by atoms with van der Waals surface area (Å²) in [6.45, 7) is 4.39. The van der Waals surface area contributed by atoms with Crippen LogP contribution in [0.4, 0.5) is 4.39 Å². The molecule has 0 aliphatic carbocycles. The molecule has 1 aromatic carbocycles. The average Bonchev–Trinajstić information content (AvgIpc) is 3.09. The number of nitrogens with zero attached hydrogens (tertiary/aromatic N) is 3. The average molecular weight is 442 g/mol. The molecule has 0 atom stereocenters. The highest BCUT2D eigenvalue weighted by molar-refractivity contribution is 7.90. The summed E-state index contributed by atoms with van der Waals surface area (Å²) < 4.78 is 50.8. The van der Waals surface area contributed by atoms with Crippen LogP contribution in [0.5, 0.6) is 0 Å². The first-order chi connectivity index (χ1) is 14.2. The van der Waals surface area contributed by atoms with Gasteiger partial charge in [-0.2, -0.15) is 0 Å². The second kappa shape index (κ2) is 10.6. The summed E-state index contributed by atoms with van der Waals surface area (Å²) in [5, 5.41) is -0.109. The van der Waals surface area contributed by atoms with Crippen LogP contribution >= 0.6 is 0 Å². The van der Waals surface area contributed by atoms with Crippen molar-refractivity contribution in [3.8, 4) is 0 Å². The number of carbonyl (C=O) groups is 1. The van der Waals surface area contributed by atoms with E-state index in [4.69, 9.17) is 9.47 Å². The van der Waals surface area contributed by atoms with Crippen LogP contribution in [0.25, 0.3) is 0 Å². The summed E-state index contributed by atoms with van der Waals surface area (Å²) in [5.41, 5.74) is 1.03. The summed E-state index contributed by atoms with van der Waals surface area (Å²) in [7, 11) is -0.844. The summed E-state index contributed by atoms with van der Waals surface area (Å²) in [6, 6.07) is 5.18. The van der Waals surface area contributed by atoms with E-state index in [1.807, 2.05) is 13.8 Å². The van der Waals surface area contributed by atoms with Crippen molar-refractivity contribution in [3.05, 3.63) is 47.5 Å². The second-order valence-electron chi connectivity index (χ2n) is 7.11. The van der Waals surface area contributed by atoms with Crippen molar-refractivity contribution in [2.75, 3.05) is 27.4 Å². The minimum Gasteiger partial charge on any atom is -0.383 e. The van der Waals surface area contributed by atoms with Crippen molar-refractivity contribution in [2.24, 2.45) is 0 Å². The highest BCUT2D eigenvalue weighted by atomic mass is 32.2. The maximum Gasteiger partial charge on any atom is 0.249 e. The molecule has 0 aliphatic rings. The molecule has 1 aromatic heterocycles. The number of amides is 1. The van der Waals surface area contributed by atoms with Gasteiger partial charge in [-0.15, -0.1) is 0 Å². The van der Waals surface area contributed by atoms with Crippen LogP contribution in [0, 0.1) is 5.82 Å². The van der Waals surface area contributed by atoms with Crippen molar-refractivity contribution >= 4 is 15.7 Å². The van der Waals surface area contributed by atoms with Gasteiger partial charge in [-0.25, -0.2) is 17.8 Å². The topological polar surface area (TPSA) is 90.7 Å². The SMILES string of the molecule is COCCn1c(CN(C(=O)COC)C(C)C)cnc1S(=O)(=O)Cc1ccc(F)cc1. The first-order valence-electron chi connectivity index (χ1n) is 9.48. The van der Waals surface area contributed by atoms with Crippen LogP contribution in [0.3, 0.4) is 0 Å². The molecule has 0 N–H and O–H groups in total. The summed E-state index contributed by atoms with van der Waals surface area (Å²) in [6.07, 6.45) is 1.46. The lowest BCUT2D eigenvalue weighted by molar-refractivity contribution is -0.137. The predicted molar refractivity (Wildman–Crippen MR) is 109 cm³/mol. The van der Waals surface area contributed by atoms with Crippen LogP contribution < -0.4 is 0 Å². The Hall–Kier alpha value is -2.30. The molecule has 0 radical (unpaired) electrons. The molecule has 166 valence electrons. The maximum absolute atomic E-state index is 13.1. The summed E-state index contributed by atoms with van der Waals surface area (Å²) in [4.78, 5) is 18.1. The summed E-state index contributed by atoms with van der Waals surface area (Å²) >= 11 is 0. The lowest BCUT2D eigenvalue weighted by Gasteiger charge is -2.27. The molecule has 1 heterocycles. The summed E-state index contributed by atoms with van der Waals surface area (Å²) in [5.74, 6) is -0.954. The van der Waals surface area contributed by atoms with Crippen LogP contribution in [0.1, 0.15) is 25.1 Å². The van der Waals surface area contributed by atoms with Gasteiger partial charge >= 0.3 is 0 Å². The number of halogens is 1. The second-order valence-corrected chi connectivity index (χ2v) is 8.99. The number of aromatic nitrogens is 2. The number of hydrogen-bond donors (Lipinski definition) is 0. The largest absolute Gasteiger partial charge is 0.383 e. The third-order valence-electron chi connectivity index (χ3n) is 4.51. The molecule has 0 aliphatic heterocycles. The van der Waals surface area contributed by atoms with Crippen LogP contribution in [0.15, 0.2) is 35.6 Å². The number of ether oxygens (including phenoxy) is 2. The molecule has 0 saturated carbocycles. The van der Waals surface area contributed by atoms with Gasteiger partial charge in [-0.1, -0.05) is 12.1 Å². The molecule has 0 saturated heterocycles. The Morgan fingerprint density at radius 2 is 1.87 bits per heavy atom. The third-order valence-corrected chi connectivity index (χ3v) is 6.11. The lowest BCUT2D eigenvalue weighted by atomic mass is 10.2. The normalized spacial score (nSPS) is 11.8. The molecule has 0 spiro atoms. The third kappa shape index (κ3) is 6.10. The fraction of sp³-hybridized carbons (Fsp3) is 0.500. The van der Waals surface area contributed by atoms with Gasteiger partial charge in [0.2, 0.25) is 20.9 Å². The van der Waals surface area contributed by atoms with Gasteiger partial charge in [-0.3, -0.25) is 4.79 Å². The quantitative estimate of drug-likeness (QED) is 0.530. The van der Waals surface area contributed by atoms with E-state index < -0.39 is 15.7 Å². The predicted octanol–water partition coefficient (Wildman–Crippen LogP) is 2.03. The zero-order valence-corrected chi connectivity index (χ0v) is 18.5. The first-order valence-corrected chi connectivity index (χ1v) is 11.1. The van der Waals surface area contributed by atoms with E-state index in [1.54, 1.807) is 9.47 Å². The van der Waals surface area contributed by atoms with Crippen molar-refractivity contribution in [1.29, 1.82) is 0 Å². The highest BCUT2D eigenvalue weighted by Gasteiger charge is 2.26. The monoisotopic (exact) mass is 441 g/mol. The maximum atomic E-state index is 13.1. The van der Waals surface area contributed by atoms with Gasteiger partial charge in [0, 0.05) is 26.8 Å². The van der Waals surface area contributed by atoms with Gasteiger partial charge in [0.05, 0.1) is 30.8 Å². The molecule has 10 heteroatoms. The van der Waals surface area contributed by atoms with E-state index in [9.17, 15) is 17.6 Å². The molecule has 0 fully saturated rings. The first kappa shape index (κ1) is 24.0. The van der Waals surface area contributed by atoms with Gasteiger partial charge in [0.15, 0.2) is 0 Å². The van der Waals surface area contributed by atoms with Crippen molar-refractivity contribution in [1.82, 2.24) is 14.5 Å². The van der Waals surface area contributed by atoms with E-state index in [0.29, 0.717) is 11.3 Å². The van der Waals surface area contributed by atoms with Crippen molar-refractivity contribution in [2.45, 2.75) is 43.9 Å². The number of benzene rings is 1. The van der Waals surface area contributed by atoms with E-state index >= 15 is 0 Å². The smallest absolute Gasteiger partial charge is 0.249 e. The fourth-order valence-electron chi connectivity index (χ4n) is 2.99. The molecule has 0 unspecified atom stereocenters. The zero-order chi connectivity index (χ0) is 22.3. The van der Waals surface area contributed by atoms with Crippen LogP contribution in [-0.4, -0.2) is 62.3 Å². The molecule has 1 amide bonds. The molecular weight excluding hydrogens is 413 g/mol. The number of hydrogen-bond acceptors (Lipinski definition) is 6. The molecule has 0 bridgehead atoms.